The summed E-state index contributed by atoms with van der Waals surface area (Å²) in [6.07, 6.45) is -0.424. The van der Waals surface area contributed by atoms with Gasteiger partial charge in [-0.1, -0.05) is 44.2 Å². The molecule has 1 heterocycles. The summed E-state index contributed by atoms with van der Waals surface area (Å²) in [5.41, 5.74) is 1.17. The van der Waals surface area contributed by atoms with Gasteiger partial charge in [-0.25, -0.2) is 0 Å². The van der Waals surface area contributed by atoms with Crippen LogP contribution in [0.5, 0.6) is 0 Å². The number of hydrogen-bond donors (Lipinski definition) is 3. The number of benzene rings is 1. The zero-order valence-corrected chi connectivity index (χ0v) is 21.2. The molecular formula is C26H40N2O7. The van der Waals surface area contributed by atoms with Gasteiger partial charge in [0.2, 0.25) is 6.41 Å². The third-order valence-electron chi connectivity index (χ3n) is 6.36. The van der Waals surface area contributed by atoms with Crippen LogP contribution in [0.4, 0.5) is 0 Å². The highest BCUT2D eigenvalue weighted by Gasteiger charge is 2.31. The van der Waals surface area contributed by atoms with Gasteiger partial charge in [0.25, 0.3) is 0 Å². The number of hydrogen-bond acceptors (Lipinski definition) is 9. The molecule has 1 fully saturated rings. The highest BCUT2D eigenvalue weighted by Crippen LogP contribution is 2.21. The van der Waals surface area contributed by atoms with E-state index in [1.165, 1.54) is 12.5 Å². The van der Waals surface area contributed by atoms with Gasteiger partial charge in [0.1, 0.15) is 30.2 Å². The van der Waals surface area contributed by atoms with E-state index in [-0.39, 0.29) is 30.2 Å². The number of esters is 1. The van der Waals surface area contributed by atoms with Gasteiger partial charge in [0, 0.05) is 45.0 Å². The molecule has 0 amide bonds. The molecular weight excluding hydrogens is 452 g/mol. The monoisotopic (exact) mass is 492 g/mol. The van der Waals surface area contributed by atoms with Crippen molar-refractivity contribution in [3.05, 3.63) is 35.9 Å². The number of carbonyl (C=O) groups is 3. The molecule has 0 radical (unpaired) electrons. The molecule has 3 N–H and O–H groups in total. The van der Waals surface area contributed by atoms with Crippen molar-refractivity contribution in [2.45, 2.75) is 65.2 Å². The van der Waals surface area contributed by atoms with Gasteiger partial charge < -0.3 is 24.6 Å². The van der Waals surface area contributed by atoms with Crippen molar-refractivity contribution in [1.82, 2.24) is 10.6 Å². The van der Waals surface area contributed by atoms with E-state index in [4.69, 9.17) is 14.2 Å². The van der Waals surface area contributed by atoms with Gasteiger partial charge >= 0.3 is 5.97 Å². The molecule has 1 aliphatic heterocycles. The van der Waals surface area contributed by atoms with Crippen LogP contribution in [0.15, 0.2) is 30.3 Å². The van der Waals surface area contributed by atoms with E-state index in [1.54, 1.807) is 14.0 Å². The maximum atomic E-state index is 12.8. The van der Waals surface area contributed by atoms with E-state index in [1.807, 2.05) is 37.3 Å². The Morgan fingerprint density at radius 3 is 2.46 bits per heavy atom. The quantitative estimate of drug-likeness (QED) is 0.180. The lowest BCUT2D eigenvalue weighted by Crippen LogP contribution is -2.33. The largest absolute Gasteiger partial charge is 0.462 e. The summed E-state index contributed by atoms with van der Waals surface area (Å²) in [5, 5.41) is 15.2. The van der Waals surface area contributed by atoms with Crippen molar-refractivity contribution in [3.8, 4) is 0 Å². The van der Waals surface area contributed by atoms with Gasteiger partial charge in [0.05, 0.1) is 6.10 Å². The van der Waals surface area contributed by atoms with Crippen molar-refractivity contribution in [1.29, 1.82) is 0 Å². The first-order chi connectivity index (χ1) is 16.7. The van der Waals surface area contributed by atoms with Gasteiger partial charge in [-0.2, -0.15) is 0 Å². The molecule has 9 heteroatoms. The number of methoxy groups -OCH3 is 1. The van der Waals surface area contributed by atoms with Gasteiger partial charge in [-0.15, -0.1) is 0 Å². The summed E-state index contributed by atoms with van der Waals surface area (Å²) in [5.74, 6) is -2.24. The van der Waals surface area contributed by atoms with Crippen LogP contribution in [0.1, 0.15) is 45.6 Å². The van der Waals surface area contributed by atoms with Crippen molar-refractivity contribution in [2.24, 2.45) is 17.8 Å². The molecule has 6 atom stereocenters. The Balaban J connectivity index is 1.70. The van der Waals surface area contributed by atoms with Crippen LogP contribution in [-0.4, -0.2) is 68.1 Å². The summed E-state index contributed by atoms with van der Waals surface area (Å²) in [6, 6.07) is 10.0. The molecule has 0 bridgehead atoms. The van der Waals surface area contributed by atoms with Crippen LogP contribution in [0.3, 0.4) is 0 Å². The summed E-state index contributed by atoms with van der Waals surface area (Å²) in [6.45, 7) is 6.83. The van der Waals surface area contributed by atoms with E-state index in [0.29, 0.717) is 32.4 Å². The molecule has 0 aliphatic carbocycles. The summed E-state index contributed by atoms with van der Waals surface area (Å²) < 4.78 is 15.9. The number of Topliss-reactive ketones (excluding diaryl/α,β-unsaturated/α-hetero) is 2. The van der Waals surface area contributed by atoms with Crippen LogP contribution in [0, 0.1) is 17.8 Å². The Labute approximate surface area is 207 Å². The second-order valence-electron chi connectivity index (χ2n) is 9.28. The lowest BCUT2D eigenvalue weighted by molar-refractivity contribution is -0.160. The molecule has 2 rings (SSSR count). The van der Waals surface area contributed by atoms with Crippen molar-refractivity contribution in [2.75, 3.05) is 26.8 Å². The predicted octanol–water partition coefficient (Wildman–Crippen LogP) is 1.82. The van der Waals surface area contributed by atoms with Crippen LogP contribution >= 0.6 is 0 Å². The average Bonchev–Trinajstić information content (AvgIpc) is 3.28. The van der Waals surface area contributed by atoms with Crippen molar-refractivity contribution >= 4 is 17.5 Å². The fourth-order valence-electron chi connectivity index (χ4n) is 4.06. The zero-order valence-electron chi connectivity index (χ0n) is 21.2. The topological polar surface area (TPSA) is 123 Å². The number of nitrogens with one attached hydrogen (secondary N) is 2. The maximum Gasteiger partial charge on any atom is 0.316 e. The van der Waals surface area contributed by atoms with Crippen LogP contribution in [0.25, 0.3) is 0 Å². The molecule has 1 aliphatic rings. The minimum Gasteiger partial charge on any atom is -0.462 e. The van der Waals surface area contributed by atoms with Crippen LogP contribution in [-0.2, 0) is 35.1 Å². The average molecular weight is 493 g/mol. The van der Waals surface area contributed by atoms with E-state index >= 15 is 0 Å². The van der Waals surface area contributed by atoms with Gasteiger partial charge in [0.15, 0.2) is 0 Å². The number of ether oxygens (including phenoxy) is 3. The van der Waals surface area contributed by atoms with Crippen molar-refractivity contribution < 1.29 is 33.7 Å². The molecule has 196 valence electrons. The Morgan fingerprint density at radius 1 is 1.14 bits per heavy atom. The zero-order chi connectivity index (χ0) is 25.8. The Morgan fingerprint density at radius 2 is 1.83 bits per heavy atom. The number of ketones is 2. The van der Waals surface area contributed by atoms with Gasteiger partial charge in [-0.05, 0) is 25.3 Å². The Bertz CT molecular complexity index is 804. The van der Waals surface area contributed by atoms with E-state index in [2.05, 4.69) is 10.6 Å². The Hall–Kier alpha value is -2.17. The molecule has 0 spiro atoms. The highest BCUT2D eigenvalue weighted by atomic mass is 16.7. The molecule has 0 aromatic heterocycles. The fourth-order valence-corrected chi connectivity index (χ4v) is 4.06. The molecule has 4 unspecified atom stereocenters. The third kappa shape index (κ3) is 10.1. The first kappa shape index (κ1) is 29.1. The standard InChI is InChI=1S/C26H40N2O7/c1-17(23(29)10-11-27-14-20-8-6-5-7-9-20)12-21(33-4)13-18(2)24(30)19(3)25(31)34-16-22-15-28-26(32)35-22/h5-9,17-19,21-22,26-28,32H,10-16H2,1-4H3/t17-,18-,19?,21?,22?,26?/m1/s1. The number of rotatable bonds is 16. The predicted molar refractivity (Wildman–Crippen MR) is 130 cm³/mol. The normalized spacial score (nSPS) is 21.2. The maximum absolute atomic E-state index is 12.8. The second-order valence-corrected chi connectivity index (χ2v) is 9.28. The van der Waals surface area contributed by atoms with Crippen LogP contribution < -0.4 is 10.6 Å². The lowest BCUT2D eigenvalue weighted by atomic mass is 9.87. The van der Waals surface area contributed by atoms with E-state index in [9.17, 15) is 19.5 Å². The van der Waals surface area contributed by atoms with Crippen molar-refractivity contribution in [3.63, 3.8) is 0 Å². The molecule has 1 aromatic rings. The van der Waals surface area contributed by atoms with Crippen LogP contribution in [0.2, 0.25) is 0 Å². The number of aliphatic hydroxyl groups excluding tert-OH is 1. The van der Waals surface area contributed by atoms with Gasteiger partial charge in [-0.3, -0.25) is 19.7 Å². The lowest BCUT2D eigenvalue weighted by Gasteiger charge is -2.23. The SMILES string of the molecule is COC(C[C@@H](C)C(=O)CCNCc1ccccc1)C[C@@H](C)C(=O)C(C)C(=O)OCC1CNC(O)O1. The van der Waals surface area contributed by atoms with E-state index in [0.717, 1.165) is 6.54 Å². The Kier molecular flexibility index (Phi) is 12.5. The number of aliphatic hydroxyl groups is 1. The third-order valence-corrected chi connectivity index (χ3v) is 6.36. The molecule has 35 heavy (non-hydrogen) atoms. The first-order valence-corrected chi connectivity index (χ1v) is 12.3. The smallest absolute Gasteiger partial charge is 0.316 e. The molecule has 9 nitrogen and oxygen atoms in total. The molecule has 1 saturated heterocycles. The fraction of sp³-hybridized carbons (Fsp3) is 0.654. The first-order valence-electron chi connectivity index (χ1n) is 12.3. The summed E-state index contributed by atoms with van der Waals surface area (Å²) in [4.78, 5) is 37.7. The summed E-state index contributed by atoms with van der Waals surface area (Å²) >= 11 is 0. The van der Waals surface area contributed by atoms with E-state index < -0.39 is 30.3 Å². The molecule has 1 aromatic carbocycles. The molecule has 0 saturated carbocycles. The summed E-state index contributed by atoms with van der Waals surface area (Å²) in [7, 11) is 1.57. The minimum atomic E-state index is -1.07. The highest BCUT2D eigenvalue weighted by molar-refractivity contribution is 5.99. The minimum absolute atomic E-state index is 0.0323. The number of carbonyl (C=O) groups excluding carboxylic acids is 3. The second kappa shape index (κ2) is 15.1.